The van der Waals surface area contributed by atoms with Gasteiger partial charge in [0.2, 0.25) is 0 Å². The summed E-state index contributed by atoms with van der Waals surface area (Å²) in [6.45, 7) is 8.99. The highest BCUT2D eigenvalue weighted by molar-refractivity contribution is 5.93. The zero-order chi connectivity index (χ0) is 16.8. The topological polar surface area (TPSA) is 60.9 Å². The number of carbonyl (C=O) groups excluding carboxylic acids is 1. The lowest BCUT2D eigenvalue weighted by atomic mass is 10.2. The van der Waals surface area contributed by atoms with Crippen LogP contribution in [0.25, 0.3) is 0 Å². The molecule has 3 rings (SSSR count). The van der Waals surface area contributed by atoms with Crippen molar-refractivity contribution >= 4 is 11.6 Å². The standard InChI is InChI=1S/C17H27N5O2/c1-20-6-8-22(9-7-20)15-2-3-18-16(14-15)17(23)19-4-5-21-10-12-24-13-11-21/h2-3,14H,4-13H2,1H3,(H,19,23). The van der Waals surface area contributed by atoms with E-state index in [4.69, 9.17) is 4.74 Å². The molecular weight excluding hydrogens is 306 g/mol. The molecule has 2 fully saturated rings. The number of carbonyl (C=O) groups is 1. The number of nitrogens with zero attached hydrogens (tertiary/aromatic N) is 4. The second-order valence-electron chi connectivity index (χ2n) is 6.40. The summed E-state index contributed by atoms with van der Waals surface area (Å²) in [5.41, 5.74) is 1.57. The molecule has 0 aliphatic carbocycles. The van der Waals surface area contributed by atoms with E-state index < -0.39 is 0 Å². The number of pyridine rings is 1. The molecule has 2 aliphatic heterocycles. The van der Waals surface area contributed by atoms with Crippen LogP contribution in [0.3, 0.4) is 0 Å². The normalized spacial score (nSPS) is 20.1. The van der Waals surface area contributed by atoms with Crippen molar-refractivity contribution in [2.75, 3.05) is 77.5 Å². The van der Waals surface area contributed by atoms with Crippen molar-refractivity contribution in [3.8, 4) is 0 Å². The highest BCUT2D eigenvalue weighted by Gasteiger charge is 2.16. The van der Waals surface area contributed by atoms with Crippen LogP contribution in [0.5, 0.6) is 0 Å². The predicted octanol–water partition coefficient (Wildman–Crippen LogP) is -0.105. The molecular formula is C17H27N5O2. The number of hydrogen-bond acceptors (Lipinski definition) is 6. The quantitative estimate of drug-likeness (QED) is 0.812. The lowest BCUT2D eigenvalue weighted by Crippen LogP contribution is -2.44. The number of rotatable bonds is 5. The summed E-state index contributed by atoms with van der Waals surface area (Å²) in [4.78, 5) is 23.5. The number of ether oxygens (including phenoxy) is 1. The van der Waals surface area contributed by atoms with E-state index in [1.807, 2.05) is 12.1 Å². The first kappa shape index (κ1) is 17.1. The molecule has 1 amide bonds. The molecule has 1 aromatic heterocycles. The Morgan fingerprint density at radius 2 is 1.96 bits per heavy atom. The third kappa shape index (κ3) is 4.66. The van der Waals surface area contributed by atoms with Gasteiger partial charge in [0.15, 0.2) is 0 Å². The summed E-state index contributed by atoms with van der Waals surface area (Å²) in [6.07, 6.45) is 1.73. The molecule has 1 N–H and O–H groups in total. The molecule has 0 radical (unpaired) electrons. The van der Waals surface area contributed by atoms with Crippen LogP contribution in [0.4, 0.5) is 5.69 Å². The van der Waals surface area contributed by atoms with Crippen molar-refractivity contribution in [3.05, 3.63) is 24.0 Å². The van der Waals surface area contributed by atoms with E-state index in [1.165, 1.54) is 0 Å². The van der Waals surface area contributed by atoms with Gasteiger partial charge in [-0.25, -0.2) is 0 Å². The third-order valence-electron chi connectivity index (χ3n) is 4.66. The predicted molar refractivity (Wildman–Crippen MR) is 93.5 cm³/mol. The van der Waals surface area contributed by atoms with E-state index in [0.717, 1.165) is 64.7 Å². The van der Waals surface area contributed by atoms with Crippen LogP contribution < -0.4 is 10.2 Å². The van der Waals surface area contributed by atoms with Crippen LogP contribution in [0, 0.1) is 0 Å². The first-order valence-electron chi connectivity index (χ1n) is 8.70. The van der Waals surface area contributed by atoms with Gasteiger partial charge in [-0.1, -0.05) is 0 Å². The van der Waals surface area contributed by atoms with Crippen LogP contribution in [-0.4, -0.2) is 93.3 Å². The van der Waals surface area contributed by atoms with E-state index in [0.29, 0.717) is 12.2 Å². The molecule has 0 atom stereocenters. The Kier molecular flexibility index (Phi) is 6.01. The second kappa shape index (κ2) is 8.41. The van der Waals surface area contributed by atoms with Gasteiger partial charge in [0.05, 0.1) is 13.2 Å². The molecule has 0 bridgehead atoms. The molecule has 7 nitrogen and oxygen atoms in total. The molecule has 1 aromatic rings. The van der Waals surface area contributed by atoms with Crippen LogP contribution in [0.1, 0.15) is 10.5 Å². The van der Waals surface area contributed by atoms with Gasteiger partial charge < -0.3 is 19.9 Å². The number of morpholine rings is 1. The maximum Gasteiger partial charge on any atom is 0.269 e. The van der Waals surface area contributed by atoms with Crippen molar-refractivity contribution in [2.45, 2.75) is 0 Å². The maximum atomic E-state index is 12.3. The highest BCUT2D eigenvalue weighted by Crippen LogP contribution is 2.16. The van der Waals surface area contributed by atoms with E-state index in [1.54, 1.807) is 6.20 Å². The largest absolute Gasteiger partial charge is 0.379 e. The van der Waals surface area contributed by atoms with Crippen molar-refractivity contribution < 1.29 is 9.53 Å². The molecule has 0 spiro atoms. The van der Waals surface area contributed by atoms with E-state index in [-0.39, 0.29) is 5.91 Å². The fourth-order valence-corrected chi connectivity index (χ4v) is 3.05. The van der Waals surface area contributed by atoms with Gasteiger partial charge in [-0.3, -0.25) is 14.7 Å². The zero-order valence-corrected chi connectivity index (χ0v) is 14.4. The first-order chi connectivity index (χ1) is 11.7. The molecule has 0 saturated carbocycles. The minimum atomic E-state index is -0.0979. The average Bonchev–Trinajstić information content (AvgIpc) is 2.63. The summed E-state index contributed by atoms with van der Waals surface area (Å²) in [6, 6.07) is 3.88. The van der Waals surface area contributed by atoms with Gasteiger partial charge in [0.1, 0.15) is 5.69 Å². The van der Waals surface area contributed by atoms with E-state index >= 15 is 0 Å². The lowest BCUT2D eigenvalue weighted by molar-refractivity contribution is 0.0383. The number of aromatic nitrogens is 1. The second-order valence-corrected chi connectivity index (χ2v) is 6.40. The molecule has 7 heteroatoms. The van der Waals surface area contributed by atoms with Crippen LogP contribution in [-0.2, 0) is 4.74 Å². The first-order valence-corrected chi connectivity index (χ1v) is 8.70. The number of piperazine rings is 1. The van der Waals surface area contributed by atoms with Crippen molar-refractivity contribution in [1.29, 1.82) is 0 Å². The summed E-state index contributed by atoms with van der Waals surface area (Å²) < 4.78 is 5.33. The third-order valence-corrected chi connectivity index (χ3v) is 4.66. The van der Waals surface area contributed by atoms with Gasteiger partial charge in [-0.15, -0.1) is 0 Å². The monoisotopic (exact) mass is 333 g/mol. The van der Waals surface area contributed by atoms with Gasteiger partial charge in [0.25, 0.3) is 5.91 Å². The number of amides is 1. The fourth-order valence-electron chi connectivity index (χ4n) is 3.05. The number of hydrogen-bond donors (Lipinski definition) is 1. The van der Waals surface area contributed by atoms with Gasteiger partial charge in [0, 0.05) is 64.2 Å². The van der Waals surface area contributed by atoms with Crippen LogP contribution in [0.2, 0.25) is 0 Å². The lowest BCUT2D eigenvalue weighted by Gasteiger charge is -2.34. The Balaban J connectivity index is 1.50. The smallest absolute Gasteiger partial charge is 0.269 e. The Morgan fingerprint density at radius 1 is 1.21 bits per heavy atom. The average molecular weight is 333 g/mol. The summed E-state index contributed by atoms with van der Waals surface area (Å²) >= 11 is 0. The van der Waals surface area contributed by atoms with Crippen molar-refractivity contribution in [1.82, 2.24) is 20.1 Å². The summed E-state index contributed by atoms with van der Waals surface area (Å²) in [5.74, 6) is -0.0979. The molecule has 3 heterocycles. The Bertz CT molecular complexity index is 540. The van der Waals surface area contributed by atoms with Crippen LogP contribution >= 0.6 is 0 Å². The fraction of sp³-hybridized carbons (Fsp3) is 0.647. The molecule has 2 saturated heterocycles. The maximum absolute atomic E-state index is 12.3. The molecule has 24 heavy (non-hydrogen) atoms. The van der Waals surface area contributed by atoms with Crippen molar-refractivity contribution in [2.24, 2.45) is 0 Å². The minimum Gasteiger partial charge on any atom is -0.379 e. The van der Waals surface area contributed by atoms with Gasteiger partial charge in [-0.2, -0.15) is 0 Å². The molecule has 2 aliphatic rings. The molecule has 132 valence electrons. The molecule has 0 unspecified atom stereocenters. The zero-order valence-electron chi connectivity index (χ0n) is 14.4. The summed E-state index contributed by atoms with van der Waals surface area (Å²) in [7, 11) is 2.14. The van der Waals surface area contributed by atoms with E-state index in [2.05, 4.69) is 32.0 Å². The minimum absolute atomic E-state index is 0.0979. The van der Waals surface area contributed by atoms with Gasteiger partial charge in [-0.05, 0) is 19.2 Å². The van der Waals surface area contributed by atoms with Crippen LogP contribution in [0.15, 0.2) is 18.3 Å². The Labute approximate surface area is 143 Å². The Hall–Kier alpha value is -1.70. The Morgan fingerprint density at radius 3 is 2.71 bits per heavy atom. The highest BCUT2D eigenvalue weighted by atomic mass is 16.5. The number of likely N-dealkylation sites (N-methyl/N-ethyl adjacent to an activating group) is 1. The van der Waals surface area contributed by atoms with E-state index in [9.17, 15) is 4.79 Å². The number of nitrogens with one attached hydrogen (secondary N) is 1. The molecule has 0 aromatic carbocycles. The number of anilines is 1. The van der Waals surface area contributed by atoms with Crippen molar-refractivity contribution in [3.63, 3.8) is 0 Å². The van der Waals surface area contributed by atoms with Gasteiger partial charge >= 0.3 is 0 Å². The summed E-state index contributed by atoms with van der Waals surface area (Å²) in [5, 5.41) is 2.97. The SMILES string of the molecule is CN1CCN(c2ccnc(C(=O)NCCN3CCOCC3)c2)CC1.